The minimum Gasteiger partial charge on any atom is -0.379 e. The highest BCUT2D eigenvalue weighted by atomic mass is 19.1. The highest BCUT2D eigenvalue weighted by molar-refractivity contribution is 5.94. The molecule has 2 fully saturated rings. The minimum absolute atomic E-state index is 0.154. The van der Waals surface area contributed by atoms with Crippen LogP contribution in [0.25, 0.3) is 0 Å². The zero-order valence-corrected chi connectivity index (χ0v) is 14.5. The maximum Gasteiger partial charge on any atom is 0.257 e. The number of aryl methyl sites for hydroxylation is 1. The molecule has 0 bridgehead atoms. The van der Waals surface area contributed by atoms with E-state index in [1.165, 1.54) is 6.07 Å². The summed E-state index contributed by atoms with van der Waals surface area (Å²) in [5.74, 6) is -0.559. The SMILES string of the molecule is Cc1ccc(C(=O)N2CCCC[C@H]2CCN2CCOCC2)c(F)c1. The quantitative estimate of drug-likeness (QED) is 0.849. The second kappa shape index (κ2) is 8.08. The molecule has 1 aromatic rings. The van der Waals surface area contributed by atoms with Crippen LogP contribution in [0.5, 0.6) is 0 Å². The number of likely N-dealkylation sites (tertiary alicyclic amines) is 1. The zero-order chi connectivity index (χ0) is 16.9. The first kappa shape index (κ1) is 17.4. The summed E-state index contributed by atoms with van der Waals surface area (Å²) in [5.41, 5.74) is 1.05. The van der Waals surface area contributed by atoms with Gasteiger partial charge >= 0.3 is 0 Å². The second-order valence-corrected chi connectivity index (χ2v) is 6.87. The summed E-state index contributed by atoms with van der Waals surface area (Å²) in [5, 5.41) is 0. The predicted octanol–water partition coefficient (Wildman–Crippen LogP) is 2.85. The van der Waals surface area contributed by atoms with Gasteiger partial charge < -0.3 is 9.64 Å². The molecular formula is C19H27FN2O2. The average molecular weight is 334 g/mol. The number of piperidine rings is 1. The molecule has 2 aliphatic heterocycles. The van der Waals surface area contributed by atoms with Crippen molar-refractivity contribution in [2.75, 3.05) is 39.4 Å². The Morgan fingerprint density at radius 1 is 1.25 bits per heavy atom. The average Bonchev–Trinajstić information content (AvgIpc) is 2.60. The third-order valence-corrected chi connectivity index (χ3v) is 5.13. The molecule has 0 N–H and O–H groups in total. The first-order valence-electron chi connectivity index (χ1n) is 9.02. The Bertz CT molecular complexity index is 572. The molecular weight excluding hydrogens is 307 g/mol. The van der Waals surface area contributed by atoms with E-state index in [9.17, 15) is 9.18 Å². The molecule has 0 radical (unpaired) electrons. The molecule has 2 saturated heterocycles. The molecule has 5 heteroatoms. The molecule has 2 heterocycles. The third kappa shape index (κ3) is 4.14. The number of nitrogens with zero attached hydrogens (tertiary/aromatic N) is 2. The van der Waals surface area contributed by atoms with Gasteiger partial charge in [0.2, 0.25) is 0 Å². The molecule has 1 amide bonds. The van der Waals surface area contributed by atoms with Crippen LogP contribution in [0.15, 0.2) is 18.2 Å². The molecule has 24 heavy (non-hydrogen) atoms. The summed E-state index contributed by atoms with van der Waals surface area (Å²) >= 11 is 0. The largest absolute Gasteiger partial charge is 0.379 e. The van der Waals surface area contributed by atoms with Gasteiger partial charge in [-0.1, -0.05) is 6.07 Å². The number of carbonyl (C=O) groups excluding carboxylic acids is 1. The van der Waals surface area contributed by atoms with Crippen LogP contribution in [-0.4, -0.2) is 61.1 Å². The summed E-state index contributed by atoms with van der Waals surface area (Å²) in [6.45, 7) is 7.07. The summed E-state index contributed by atoms with van der Waals surface area (Å²) < 4.78 is 19.6. The second-order valence-electron chi connectivity index (χ2n) is 6.87. The number of hydrogen-bond acceptors (Lipinski definition) is 3. The molecule has 132 valence electrons. The molecule has 0 spiro atoms. The minimum atomic E-state index is -0.405. The number of morpholine rings is 1. The Labute approximate surface area is 143 Å². The van der Waals surface area contributed by atoms with Gasteiger partial charge in [-0.15, -0.1) is 0 Å². The number of hydrogen-bond donors (Lipinski definition) is 0. The van der Waals surface area contributed by atoms with E-state index in [2.05, 4.69) is 4.90 Å². The van der Waals surface area contributed by atoms with Crippen LogP contribution >= 0.6 is 0 Å². The summed E-state index contributed by atoms with van der Waals surface area (Å²) in [6, 6.07) is 5.10. The van der Waals surface area contributed by atoms with E-state index in [1.807, 2.05) is 17.9 Å². The number of benzene rings is 1. The van der Waals surface area contributed by atoms with Crippen molar-refractivity contribution >= 4 is 5.91 Å². The van der Waals surface area contributed by atoms with Crippen molar-refractivity contribution in [1.82, 2.24) is 9.80 Å². The van der Waals surface area contributed by atoms with Crippen LogP contribution < -0.4 is 0 Å². The molecule has 2 aliphatic rings. The highest BCUT2D eigenvalue weighted by Gasteiger charge is 2.29. The molecule has 0 aromatic heterocycles. The van der Waals surface area contributed by atoms with Crippen LogP contribution in [0.4, 0.5) is 4.39 Å². The highest BCUT2D eigenvalue weighted by Crippen LogP contribution is 2.23. The molecule has 0 aliphatic carbocycles. The van der Waals surface area contributed by atoms with E-state index >= 15 is 0 Å². The number of halogens is 1. The van der Waals surface area contributed by atoms with Crippen molar-refractivity contribution in [3.05, 3.63) is 35.1 Å². The fraction of sp³-hybridized carbons (Fsp3) is 0.632. The molecule has 0 saturated carbocycles. The van der Waals surface area contributed by atoms with E-state index in [4.69, 9.17) is 4.74 Å². The number of carbonyl (C=O) groups is 1. The summed E-state index contributed by atoms with van der Waals surface area (Å²) in [7, 11) is 0. The van der Waals surface area contributed by atoms with E-state index in [0.29, 0.717) is 0 Å². The maximum atomic E-state index is 14.2. The molecule has 4 nitrogen and oxygen atoms in total. The van der Waals surface area contributed by atoms with Crippen molar-refractivity contribution < 1.29 is 13.9 Å². The lowest BCUT2D eigenvalue weighted by Gasteiger charge is -2.37. The van der Waals surface area contributed by atoms with Gasteiger partial charge in [-0.3, -0.25) is 9.69 Å². The lowest BCUT2D eigenvalue weighted by atomic mass is 9.97. The Kier molecular flexibility index (Phi) is 5.85. The van der Waals surface area contributed by atoms with Crippen molar-refractivity contribution in [3.8, 4) is 0 Å². The molecule has 3 rings (SSSR count). The Hall–Kier alpha value is -1.46. The number of rotatable bonds is 4. The standard InChI is InChI=1S/C19H27FN2O2/c1-15-5-6-17(18(20)14-15)19(23)22-8-3-2-4-16(22)7-9-21-10-12-24-13-11-21/h5-6,14,16H,2-4,7-13H2,1H3/t16-/m0/s1. The van der Waals surface area contributed by atoms with Crippen LogP contribution in [0.2, 0.25) is 0 Å². The first-order chi connectivity index (χ1) is 11.6. The lowest BCUT2D eigenvalue weighted by Crippen LogP contribution is -2.46. The number of ether oxygens (including phenoxy) is 1. The fourth-order valence-electron chi connectivity index (χ4n) is 3.67. The number of amides is 1. The predicted molar refractivity (Wildman–Crippen MR) is 91.7 cm³/mol. The maximum absolute atomic E-state index is 14.2. The van der Waals surface area contributed by atoms with Gasteiger partial charge in [-0.2, -0.15) is 0 Å². The molecule has 0 unspecified atom stereocenters. The van der Waals surface area contributed by atoms with Crippen molar-refractivity contribution in [1.29, 1.82) is 0 Å². The van der Waals surface area contributed by atoms with Gasteiger partial charge in [-0.25, -0.2) is 4.39 Å². The zero-order valence-electron chi connectivity index (χ0n) is 14.5. The van der Waals surface area contributed by atoms with Gasteiger partial charge in [0.05, 0.1) is 18.8 Å². The van der Waals surface area contributed by atoms with Crippen LogP contribution in [-0.2, 0) is 4.74 Å². The summed E-state index contributed by atoms with van der Waals surface area (Å²) in [6.07, 6.45) is 4.13. The van der Waals surface area contributed by atoms with Crippen molar-refractivity contribution in [2.24, 2.45) is 0 Å². The fourth-order valence-corrected chi connectivity index (χ4v) is 3.67. The van der Waals surface area contributed by atoms with Crippen molar-refractivity contribution in [2.45, 2.75) is 38.6 Å². The third-order valence-electron chi connectivity index (χ3n) is 5.13. The molecule has 1 aromatic carbocycles. The Morgan fingerprint density at radius 3 is 2.79 bits per heavy atom. The van der Waals surface area contributed by atoms with Crippen LogP contribution in [0, 0.1) is 12.7 Å². The Morgan fingerprint density at radius 2 is 2.04 bits per heavy atom. The smallest absolute Gasteiger partial charge is 0.257 e. The van der Waals surface area contributed by atoms with E-state index in [0.717, 1.165) is 70.6 Å². The topological polar surface area (TPSA) is 32.8 Å². The monoisotopic (exact) mass is 334 g/mol. The first-order valence-corrected chi connectivity index (χ1v) is 9.02. The van der Waals surface area contributed by atoms with Crippen LogP contribution in [0.1, 0.15) is 41.6 Å². The molecule has 1 atom stereocenters. The van der Waals surface area contributed by atoms with E-state index in [1.54, 1.807) is 6.07 Å². The lowest BCUT2D eigenvalue weighted by molar-refractivity contribution is 0.0295. The van der Waals surface area contributed by atoms with Crippen molar-refractivity contribution in [3.63, 3.8) is 0 Å². The van der Waals surface area contributed by atoms with Gasteiger partial charge in [0.15, 0.2) is 0 Å². The summed E-state index contributed by atoms with van der Waals surface area (Å²) in [4.78, 5) is 17.1. The van der Waals surface area contributed by atoms with Crippen LogP contribution in [0.3, 0.4) is 0 Å². The van der Waals surface area contributed by atoms with Gasteiger partial charge in [0.25, 0.3) is 5.91 Å². The Balaban J connectivity index is 1.65. The van der Waals surface area contributed by atoms with E-state index in [-0.39, 0.29) is 17.5 Å². The van der Waals surface area contributed by atoms with E-state index < -0.39 is 5.82 Å². The van der Waals surface area contributed by atoms with Gasteiger partial charge in [0.1, 0.15) is 5.82 Å². The van der Waals surface area contributed by atoms with Gasteiger partial charge in [-0.05, 0) is 50.3 Å². The van der Waals surface area contributed by atoms with Gasteiger partial charge in [0, 0.05) is 32.2 Å². The normalized spacial score (nSPS) is 22.6.